The van der Waals surface area contributed by atoms with Gasteiger partial charge in [0.1, 0.15) is 11.8 Å². The molecule has 2 aromatic rings. The number of ether oxygens (including phenoxy) is 1. The summed E-state index contributed by atoms with van der Waals surface area (Å²) in [5.74, 6) is -0.598. The van der Waals surface area contributed by atoms with Gasteiger partial charge in [-0.15, -0.1) is 0 Å². The van der Waals surface area contributed by atoms with Crippen molar-refractivity contribution in [1.82, 2.24) is 10.6 Å². The van der Waals surface area contributed by atoms with Crippen molar-refractivity contribution in [1.29, 1.82) is 0 Å². The number of ketones is 1. The summed E-state index contributed by atoms with van der Waals surface area (Å²) in [5, 5.41) is 18.4. The van der Waals surface area contributed by atoms with Gasteiger partial charge < -0.3 is 25.8 Å². The zero-order valence-electron chi connectivity index (χ0n) is 19.8. The van der Waals surface area contributed by atoms with Crippen LogP contribution in [-0.2, 0) is 16.0 Å². The zero-order chi connectivity index (χ0) is 24.6. The number of Topliss-reactive ketones (excluding diaryl/α,β-unsaturated/α-hetero) is 1. The Labute approximate surface area is 205 Å². The molecule has 35 heavy (non-hydrogen) atoms. The van der Waals surface area contributed by atoms with Gasteiger partial charge >= 0.3 is 5.97 Å². The van der Waals surface area contributed by atoms with E-state index >= 15 is 0 Å². The van der Waals surface area contributed by atoms with Gasteiger partial charge in [-0.1, -0.05) is 30.7 Å². The van der Waals surface area contributed by atoms with Crippen molar-refractivity contribution in [2.75, 3.05) is 25.0 Å². The molecule has 1 fully saturated rings. The fourth-order valence-corrected chi connectivity index (χ4v) is 4.69. The van der Waals surface area contributed by atoms with E-state index in [2.05, 4.69) is 16.0 Å². The van der Waals surface area contributed by atoms with Crippen LogP contribution in [0.1, 0.15) is 48.0 Å². The molecule has 0 aromatic heterocycles. The standard InChI is InChI=1S/C27H33N3O5/c31-25-21-6-1-2-7-22(21)29-24(25)26(32)30-23(27(33)34)17-19-8-10-20(11-9-19)35-16-4-3-5-18-12-14-28-15-13-18/h1-2,6-11,18,23-24,28-29H,3-5,12-17H2,(H,30,32)(H,33,34)/t23-,24?/m0/s1. The maximum absolute atomic E-state index is 12.7. The predicted octanol–water partition coefficient (Wildman–Crippen LogP) is 3.02. The second kappa shape index (κ2) is 11.8. The van der Waals surface area contributed by atoms with E-state index in [1.54, 1.807) is 36.4 Å². The molecule has 1 amide bonds. The lowest BCUT2D eigenvalue weighted by molar-refractivity contribution is -0.141. The van der Waals surface area contributed by atoms with Crippen molar-refractivity contribution in [3.05, 3.63) is 59.7 Å². The first kappa shape index (κ1) is 24.7. The van der Waals surface area contributed by atoms with Crippen LogP contribution >= 0.6 is 0 Å². The molecule has 0 aliphatic carbocycles. The van der Waals surface area contributed by atoms with Crippen LogP contribution in [0.3, 0.4) is 0 Å². The molecule has 1 saturated heterocycles. The minimum atomic E-state index is -1.16. The number of amides is 1. The second-order valence-electron chi connectivity index (χ2n) is 9.27. The first-order valence-corrected chi connectivity index (χ1v) is 12.4. The highest BCUT2D eigenvalue weighted by molar-refractivity contribution is 6.21. The van der Waals surface area contributed by atoms with E-state index < -0.39 is 24.0 Å². The first-order valence-electron chi connectivity index (χ1n) is 12.4. The third-order valence-electron chi connectivity index (χ3n) is 6.73. The van der Waals surface area contributed by atoms with Crippen molar-refractivity contribution >= 4 is 23.3 Å². The Bertz CT molecular complexity index is 1030. The van der Waals surface area contributed by atoms with Gasteiger partial charge in [0, 0.05) is 17.7 Å². The van der Waals surface area contributed by atoms with Crippen molar-refractivity contribution in [2.45, 2.75) is 50.6 Å². The highest BCUT2D eigenvalue weighted by atomic mass is 16.5. The largest absolute Gasteiger partial charge is 0.494 e. The predicted molar refractivity (Wildman–Crippen MR) is 133 cm³/mol. The zero-order valence-corrected chi connectivity index (χ0v) is 19.8. The van der Waals surface area contributed by atoms with Crippen LogP contribution in [0.15, 0.2) is 48.5 Å². The Kier molecular flexibility index (Phi) is 8.36. The second-order valence-corrected chi connectivity index (χ2v) is 9.27. The summed E-state index contributed by atoms with van der Waals surface area (Å²) in [6.45, 7) is 2.91. The number of aliphatic carboxylic acids is 1. The van der Waals surface area contributed by atoms with Crippen LogP contribution in [0.2, 0.25) is 0 Å². The van der Waals surface area contributed by atoms with Gasteiger partial charge in [0.05, 0.1) is 6.61 Å². The number of carbonyl (C=O) groups is 3. The van der Waals surface area contributed by atoms with Crippen molar-refractivity contribution in [3.8, 4) is 5.75 Å². The van der Waals surface area contributed by atoms with Crippen LogP contribution in [0.4, 0.5) is 5.69 Å². The number of nitrogens with one attached hydrogen (secondary N) is 3. The molecule has 1 unspecified atom stereocenters. The van der Waals surface area contributed by atoms with E-state index in [4.69, 9.17) is 4.74 Å². The molecule has 8 nitrogen and oxygen atoms in total. The maximum atomic E-state index is 12.7. The minimum absolute atomic E-state index is 0.103. The van der Waals surface area contributed by atoms with Gasteiger partial charge in [-0.25, -0.2) is 4.79 Å². The summed E-state index contributed by atoms with van der Waals surface area (Å²) in [4.78, 5) is 37.0. The van der Waals surface area contributed by atoms with Crippen LogP contribution in [-0.4, -0.2) is 54.5 Å². The molecular weight excluding hydrogens is 446 g/mol. The average molecular weight is 480 g/mol. The number of para-hydroxylation sites is 1. The lowest BCUT2D eigenvalue weighted by Crippen LogP contribution is -2.49. The van der Waals surface area contributed by atoms with Crippen LogP contribution in [0.25, 0.3) is 0 Å². The molecular formula is C27H33N3O5. The molecule has 186 valence electrons. The molecule has 0 radical (unpaired) electrons. The molecule has 2 aromatic carbocycles. The Morgan fingerprint density at radius 2 is 1.80 bits per heavy atom. The highest BCUT2D eigenvalue weighted by Crippen LogP contribution is 2.25. The molecule has 4 rings (SSSR count). The minimum Gasteiger partial charge on any atom is -0.494 e. The summed E-state index contributed by atoms with van der Waals surface area (Å²) in [7, 11) is 0. The Morgan fingerprint density at radius 3 is 2.51 bits per heavy atom. The number of carboxylic acids is 1. The number of hydrogen-bond donors (Lipinski definition) is 4. The lowest BCUT2D eigenvalue weighted by Gasteiger charge is -2.22. The molecule has 2 atom stereocenters. The molecule has 0 spiro atoms. The fraction of sp³-hybridized carbons (Fsp3) is 0.444. The van der Waals surface area contributed by atoms with Gasteiger partial charge in [-0.05, 0) is 74.5 Å². The molecule has 4 N–H and O–H groups in total. The van der Waals surface area contributed by atoms with Gasteiger partial charge in [0.25, 0.3) is 5.91 Å². The molecule has 8 heteroatoms. The fourth-order valence-electron chi connectivity index (χ4n) is 4.69. The van der Waals surface area contributed by atoms with E-state index in [9.17, 15) is 19.5 Å². The number of carbonyl (C=O) groups excluding carboxylic acids is 2. The third-order valence-corrected chi connectivity index (χ3v) is 6.73. The van der Waals surface area contributed by atoms with Gasteiger partial charge in [0.2, 0.25) is 0 Å². The van der Waals surface area contributed by atoms with E-state index in [0.29, 0.717) is 17.9 Å². The summed E-state index contributed by atoms with van der Waals surface area (Å²) < 4.78 is 5.83. The first-order chi connectivity index (χ1) is 17.0. The monoisotopic (exact) mass is 479 g/mol. The SMILES string of the molecule is O=C(N[C@@H](Cc1ccc(OCCCCC2CCNCC2)cc1)C(=O)O)C1Nc2ccccc2C1=O. The van der Waals surface area contributed by atoms with Crippen molar-refractivity contribution in [3.63, 3.8) is 0 Å². The lowest BCUT2D eigenvalue weighted by atomic mass is 9.93. The highest BCUT2D eigenvalue weighted by Gasteiger charge is 2.36. The number of carboxylic acid groups (broad SMARTS) is 1. The smallest absolute Gasteiger partial charge is 0.326 e. The molecule has 2 aliphatic rings. The van der Waals surface area contributed by atoms with Gasteiger partial charge in [-0.3, -0.25) is 9.59 Å². The summed E-state index contributed by atoms with van der Waals surface area (Å²) >= 11 is 0. The van der Waals surface area contributed by atoms with E-state index in [1.807, 2.05) is 12.1 Å². The van der Waals surface area contributed by atoms with Crippen molar-refractivity contribution < 1.29 is 24.2 Å². The maximum Gasteiger partial charge on any atom is 0.326 e. The number of benzene rings is 2. The normalized spacial score (nSPS) is 18.4. The number of anilines is 1. The van der Waals surface area contributed by atoms with Crippen LogP contribution in [0.5, 0.6) is 5.75 Å². The molecule has 2 aliphatic heterocycles. The van der Waals surface area contributed by atoms with E-state index in [0.717, 1.165) is 43.2 Å². The quantitative estimate of drug-likeness (QED) is 0.289. The van der Waals surface area contributed by atoms with Gasteiger partial charge in [0.15, 0.2) is 11.8 Å². The molecule has 2 heterocycles. The molecule has 0 bridgehead atoms. The number of fused-ring (bicyclic) bond motifs is 1. The third kappa shape index (κ3) is 6.60. The van der Waals surface area contributed by atoms with E-state index in [1.165, 1.54) is 19.3 Å². The Balaban J connectivity index is 1.23. The van der Waals surface area contributed by atoms with Crippen LogP contribution < -0.4 is 20.7 Å². The van der Waals surface area contributed by atoms with Crippen molar-refractivity contribution in [2.24, 2.45) is 5.92 Å². The summed E-state index contributed by atoms with van der Waals surface area (Å²) in [5.41, 5.74) is 1.76. The van der Waals surface area contributed by atoms with Crippen LogP contribution in [0, 0.1) is 5.92 Å². The van der Waals surface area contributed by atoms with E-state index in [-0.39, 0.29) is 12.2 Å². The average Bonchev–Trinajstić information content (AvgIpc) is 3.21. The topological polar surface area (TPSA) is 117 Å². The Morgan fingerprint density at radius 1 is 1.06 bits per heavy atom. The number of piperidine rings is 1. The summed E-state index contributed by atoms with van der Waals surface area (Å²) in [6, 6.07) is 11.8. The number of rotatable bonds is 11. The molecule has 0 saturated carbocycles. The number of unbranched alkanes of at least 4 members (excludes halogenated alkanes) is 1. The van der Waals surface area contributed by atoms with Gasteiger partial charge in [-0.2, -0.15) is 0 Å². The Hall–Kier alpha value is -3.39. The number of hydrogen-bond acceptors (Lipinski definition) is 6. The summed E-state index contributed by atoms with van der Waals surface area (Å²) in [6.07, 6.45) is 6.05.